The fraction of sp³-hybridized carbons (Fsp3) is 0.500. The van der Waals surface area contributed by atoms with Gasteiger partial charge in [0.05, 0.1) is 13.0 Å². The molecule has 1 N–H and O–H groups in total. The number of carboxylic acids is 1. The summed E-state index contributed by atoms with van der Waals surface area (Å²) in [6.07, 6.45) is 0.602. The van der Waals surface area contributed by atoms with E-state index in [2.05, 4.69) is 0 Å². The third kappa shape index (κ3) is 4.28. The Bertz CT molecular complexity index is 387. The first-order chi connectivity index (χ1) is 8.54. The molecule has 0 spiro atoms. The van der Waals surface area contributed by atoms with E-state index in [9.17, 15) is 4.79 Å². The molecule has 1 aromatic rings. The van der Waals surface area contributed by atoms with Gasteiger partial charge in [0.1, 0.15) is 6.61 Å². The molecule has 4 nitrogen and oxygen atoms in total. The van der Waals surface area contributed by atoms with Crippen molar-refractivity contribution < 1.29 is 19.4 Å². The largest absolute Gasteiger partial charge is 0.493 e. The van der Waals surface area contributed by atoms with Crippen molar-refractivity contribution in [3.63, 3.8) is 0 Å². The number of hydrogen-bond acceptors (Lipinski definition) is 3. The van der Waals surface area contributed by atoms with Crippen LogP contribution in [0.1, 0.15) is 20.3 Å². The minimum atomic E-state index is -0.821. The topological polar surface area (TPSA) is 55.8 Å². The zero-order valence-electron chi connectivity index (χ0n) is 11.1. The van der Waals surface area contributed by atoms with Crippen molar-refractivity contribution in [1.29, 1.82) is 0 Å². The maximum atomic E-state index is 11.1. The molecule has 0 bridgehead atoms. The molecule has 18 heavy (non-hydrogen) atoms. The van der Waals surface area contributed by atoms with E-state index < -0.39 is 11.9 Å². The van der Waals surface area contributed by atoms with Crippen molar-refractivity contribution in [2.75, 3.05) is 13.7 Å². The first-order valence-electron chi connectivity index (χ1n) is 6.03. The van der Waals surface area contributed by atoms with Gasteiger partial charge in [0.2, 0.25) is 0 Å². The van der Waals surface area contributed by atoms with Crippen molar-refractivity contribution in [1.82, 2.24) is 0 Å². The highest BCUT2D eigenvalue weighted by atomic mass is 16.5. The Morgan fingerprint density at radius 1 is 1.28 bits per heavy atom. The van der Waals surface area contributed by atoms with Crippen molar-refractivity contribution in [2.45, 2.75) is 20.3 Å². The summed E-state index contributed by atoms with van der Waals surface area (Å²) in [6, 6.07) is 7.23. The maximum Gasteiger partial charge on any atom is 0.309 e. The molecule has 4 heteroatoms. The molecule has 1 rings (SSSR count). The second-order valence-corrected chi connectivity index (χ2v) is 4.63. The van der Waals surface area contributed by atoms with Gasteiger partial charge in [-0.1, -0.05) is 26.0 Å². The van der Waals surface area contributed by atoms with Crippen LogP contribution in [-0.2, 0) is 4.79 Å². The van der Waals surface area contributed by atoms with Crippen LogP contribution in [0.3, 0.4) is 0 Å². The van der Waals surface area contributed by atoms with Gasteiger partial charge in [-0.2, -0.15) is 0 Å². The average molecular weight is 252 g/mol. The van der Waals surface area contributed by atoms with Crippen LogP contribution in [0.15, 0.2) is 24.3 Å². The van der Waals surface area contributed by atoms with Gasteiger partial charge in [-0.3, -0.25) is 4.79 Å². The quantitative estimate of drug-likeness (QED) is 0.810. The zero-order valence-corrected chi connectivity index (χ0v) is 11.1. The number of carboxylic acid groups (broad SMARTS) is 1. The molecule has 0 fully saturated rings. The van der Waals surface area contributed by atoms with Crippen LogP contribution in [0, 0.1) is 11.8 Å². The molecule has 0 aliphatic heterocycles. The summed E-state index contributed by atoms with van der Waals surface area (Å²) in [5, 5.41) is 9.12. The van der Waals surface area contributed by atoms with Gasteiger partial charge in [-0.05, 0) is 24.5 Å². The molecule has 100 valence electrons. The van der Waals surface area contributed by atoms with Crippen LogP contribution in [0.25, 0.3) is 0 Å². The van der Waals surface area contributed by atoms with E-state index in [-0.39, 0.29) is 6.61 Å². The Labute approximate surface area is 108 Å². The zero-order chi connectivity index (χ0) is 13.5. The highest BCUT2D eigenvalue weighted by molar-refractivity contribution is 5.70. The molecular weight excluding hydrogens is 232 g/mol. The molecule has 0 radical (unpaired) electrons. The predicted molar refractivity (Wildman–Crippen MR) is 69.1 cm³/mol. The standard InChI is InChI=1S/C14H20O4/c1-10(2)8-11(14(15)16)9-18-13-7-5-4-6-12(13)17-3/h4-7,10-11H,8-9H2,1-3H3,(H,15,16). The summed E-state index contributed by atoms with van der Waals surface area (Å²) in [5.74, 6) is 0.210. The summed E-state index contributed by atoms with van der Waals surface area (Å²) in [4.78, 5) is 11.1. The van der Waals surface area contributed by atoms with Crippen LogP contribution in [0.4, 0.5) is 0 Å². The molecule has 1 aromatic carbocycles. The third-order valence-corrected chi connectivity index (χ3v) is 2.61. The van der Waals surface area contributed by atoms with Crippen molar-refractivity contribution >= 4 is 5.97 Å². The number of para-hydroxylation sites is 2. The fourth-order valence-electron chi connectivity index (χ4n) is 1.74. The Morgan fingerprint density at radius 2 is 1.89 bits per heavy atom. The lowest BCUT2D eigenvalue weighted by molar-refractivity contribution is -0.143. The minimum absolute atomic E-state index is 0.161. The van der Waals surface area contributed by atoms with E-state index in [1.165, 1.54) is 0 Å². The number of methoxy groups -OCH3 is 1. The lowest BCUT2D eigenvalue weighted by Crippen LogP contribution is -2.23. The van der Waals surface area contributed by atoms with E-state index in [4.69, 9.17) is 14.6 Å². The third-order valence-electron chi connectivity index (χ3n) is 2.61. The van der Waals surface area contributed by atoms with Gasteiger partial charge < -0.3 is 14.6 Å². The Balaban J connectivity index is 2.64. The van der Waals surface area contributed by atoms with Crippen LogP contribution < -0.4 is 9.47 Å². The summed E-state index contributed by atoms with van der Waals surface area (Å²) in [7, 11) is 1.56. The van der Waals surface area contributed by atoms with Crippen molar-refractivity contribution in [3.8, 4) is 11.5 Å². The summed E-state index contributed by atoms with van der Waals surface area (Å²) < 4.78 is 10.7. The van der Waals surface area contributed by atoms with Gasteiger partial charge in [-0.25, -0.2) is 0 Å². The summed E-state index contributed by atoms with van der Waals surface area (Å²) in [5.41, 5.74) is 0. The Hall–Kier alpha value is -1.71. The van der Waals surface area contributed by atoms with Gasteiger partial charge in [-0.15, -0.1) is 0 Å². The normalized spacial score (nSPS) is 12.2. The van der Waals surface area contributed by atoms with E-state index in [1.807, 2.05) is 26.0 Å². The number of benzene rings is 1. The van der Waals surface area contributed by atoms with E-state index in [1.54, 1.807) is 19.2 Å². The highest BCUT2D eigenvalue weighted by Gasteiger charge is 2.20. The molecule has 1 unspecified atom stereocenters. The average Bonchev–Trinajstić information content (AvgIpc) is 2.34. The predicted octanol–water partition coefficient (Wildman–Crippen LogP) is 2.82. The Morgan fingerprint density at radius 3 is 2.39 bits per heavy atom. The van der Waals surface area contributed by atoms with Gasteiger partial charge in [0.15, 0.2) is 11.5 Å². The van der Waals surface area contributed by atoms with E-state index in [0.717, 1.165) is 0 Å². The molecule has 1 atom stereocenters. The van der Waals surface area contributed by atoms with Crippen LogP contribution in [0.2, 0.25) is 0 Å². The number of carbonyl (C=O) groups is 1. The number of ether oxygens (including phenoxy) is 2. The van der Waals surface area contributed by atoms with Crippen molar-refractivity contribution in [3.05, 3.63) is 24.3 Å². The number of hydrogen-bond donors (Lipinski definition) is 1. The van der Waals surface area contributed by atoms with E-state index >= 15 is 0 Å². The molecule has 0 saturated heterocycles. The molecule has 0 aliphatic rings. The fourth-order valence-corrected chi connectivity index (χ4v) is 1.74. The molecule has 0 saturated carbocycles. The van der Waals surface area contributed by atoms with Crippen molar-refractivity contribution in [2.24, 2.45) is 11.8 Å². The van der Waals surface area contributed by atoms with Crippen LogP contribution >= 0.6 is 0 Å². The van der Waals surface area contributed by atoms with Gasteiger partial charge in [0, 0.05) is 0 Å². The van der Waals surface area contributed by atoms with Gasteiger partial charge >= 0.3 is 5.97 Å². The van der Waals surface area contributed by atoms with E-state index in [0.29, 0.717) is 23.8 Å². The number of rotatable bonds is 7. The molecule has 0 amide bonds. The number of aliphatic carboxylic acids is 1. The summed E-state index contributed by atoms with van der Waals surface area (Å²) in [6.45, 7) is 4.16. The first kappa shape index (κ1) is 14.4. The van der Waals surface area contributed by atoms with Crippen LogP contribution in [-0.4, -0.2) is 24.8 Å². The smallest absolute Gasteiger partial charge is 0.309 e. The summed E-state index contributed by atoms with van der Waals surface area (Å²) >= 11 is 0. The lowest BCUT2D eigenvalue weighted by atomic mass is 9.98. The SMILES string of the molecule is COc1ccccc1OCC(CC(C)C)C(=O)O. The highest BCUT2D eigenvalue weighted by Crippen LogP contribution is 2.26. The second kappa shape index (κ2) is 6.89. The molecule has 0 heterocycles. The lowest BCUT2D eigenvalue weighted by Gasteiger charge is -2.16. The molecule has 0 aromatic heterocycles. The second-order valence-electron chi connectivity index (χ2n) is 4.63. The Kier molecular flexibility index (Phi) is 5.49. The first-order valence-corrected chi connectivity index (χ1v) is 6.03. The minimum Gasteiger partial charge on any atom is -0.493 e. The molecular formula is C14H20O4. The maximum absolute atomic E-state index is 11.1. The van der Waals surface area contributed by atoms with Crippen LogP contribution in [0.5, 0.6) is 11.5 Å². The monoisotopic (exact) mass is 252 g/mol. The van der Waals surface area contributed by atoms with Gasteiger partial charge in [0.25, 0.3) is 0 Å². The molecule has 0 aliphatic carbocycles.